The largest absolute Gasteiger partial charge is 0.444 e. The second kappa shape index (κ2) is 10.9. The van der Waals surface area contributed by atoms with Gasteiger partial charge in [0.15, 0.2) is 5.96 Å². The lowest BCUT2D eigenvalue weighted by Gasteiger charge is -2.36. The number of aliphatic imine (C=N–C) groups is 1. The molecule has 1 fully saturated rings. The van der Waals surface area contributed by atoms with Gasteiger partial charge in [0.05, 0.1) is 12.6 Å². The molecule has 0 radical (unpaired) electrons. The number of likely N-dealkylation sites (tertiary alicyclic amines) is 1. The first kappa shape index (κ1) is 22.3. The van der Waals surface area contributed by atoms with Crippen LogP contribution in [0, 0.1) is 0 Å². The number of nitrogens with one attached hydrogen (secondary N) is 2. The number of ether oxygens (including phenoxy) is 1. The zero-order valence-electron chi connectivity index (χ0n) is 15.1. The lowest BCUT2D eigenvalue weighted by atomic mass is 10.0. The molecule has 136 valence electrons. The van der Waals surface area contributed by atoms with Crippen LogP contribution in [0.4, 0.5) is 4.79 Å². The summed E-state index contributed by atoms with van der Waals surface area (Å²) in [6.07, 6.45) is 2.93. The van der Waals surface area contributed by atoms with Gasteiger partial charge in [-0.05, 0) is 53.9 Å². The molecular formula is C16H33IN4O2. The van der Waals surface area contributed by atoms with E-state index in [0.29, 0.717) is 6.54 Å². The maximum atomic E-state index is 12.3. The average Bonchev–Trinajstić information content (AvgIpc) is 2.44. The molecule has 0 aromatic carbocycles. The van der Waals surface area contributed by atoms with Crippen molar-refractivity contribution in [2.24, 2.45) is 4.99 Å². The number of piperidine rings is 1. The third-order valence-corrected chi connectivity index (χ3v) is 3.40. The molecule has 0 saturated carbocycles. The lowest BCUT2D eigenvalue weighted by molar-refractivity contribution is 0.0110. The van der Waals surface area contributed by atoms with E-state index in [1.807, 2.05) is 39.5 Å². The summed E-state index contributed by atoms with van der Waals surface area (Å²) in [5.41, 5.74) is -0.457. The Balaban J connectivity index is 0.00000484. The van der Waals surface area contributed by atoms with Gasteiger partial charge in [0, 0.05) is 19.6 Å². The van der Waals surface area contributed by atoms with Crippen LogP contribution < -0.4 is 10.6 Å². The number of hydrogen-bond acceptors (Lipinski definition) is 3. The van der Waals surface area contributed by atoms with Gasteiger partial charge in [-0.15, -0.1) is 24.0 Å². The monoisotopic (exact) mass is 440 g/mol. The van der Waals surface area contributed by atoms with Gasteiger partial charge in [-0.25, -0.2) is 4.79 Å². The number of amides is 1. The summed E-state index contributed by atoms with van der Waals surface area (Å²) in [4.78, 5) is 18.8. The van der Waals surface area contributed by atoms with Gasteiger partial charge in [-0.2, -0.15) is 0 Å². The minimum Gasteiger partial charge on any atom is -0.444 e. The highest BCUT2D eigenvalue weighted by molar-refractivity contribution is 14.0. The van der Waals surface area contributed by atoms with Gasteiger partial charge < -0.3 is 20.3 Å². The summed E-state index contributed by atoms with van der Waals surface area (Å²) in [5.74, 6) is 0.805. The Morgan fingerprint density at radius 1 is 1.22 bits per heavy atom. The molecule has 7 heteroatoms. The molecule has 0 aromatic heterocycles. The van der Waals surface area contributed by atoms with E-state index in [1.54, 1.807) is 0 Å². The van der Waals surface area contributed by atoms with Gasteiger partial charge in [0.1, 0.15) is 5.60 Å². The van der Waals surface area contributed by atoms with Crippen molar-refractivity contribution in [1.82, 2.24) is 15.5 Å². The van der Waals surface area contributed by atoms with Crippen molar-refractivity contribution in [1.29, 1.82) is 0 Å². The smallest absolute Gasteiger partial charge is 0.410 e. The summed E-state index contributed by atoms with van der Waals surface area (Å²) in [5, 5.41) is 6.42. The molecule has 6 nitrogen and oxygen atoms in total. The standard InChI is InChI=1S/C16H32N4O2.HI/c1-6-17-14(18-7-2)19-12-13-10-8-9-11-20(13)15(21)22-16(3,4)5;/h13H,6-12H2,1-5H3,(H2,17,18,19);1H. The fourth-order valence-corrected chi connectivity index (χ4v) is 2.46. The highest BCUT2D eigenvalue weighted by Gasteiger charge is 2.30. The first-order valence-electron chi connectivity index (χ1n) is 8.39. The van der Waals surface area contributed by atoms with Crippen LogP contribution in [0.25, 0.3) is 0 Å². The number of carbonyl (C=O) groups is 1. The molecule has 1 amide bonds. The molecule has 1 unspecified atom stereocenters. The minimum atomic E-state index is -0.457. The van der Waals surface area contributed by atoms with Crippen LogP contribution in [0.3, 0.4) is 0 Å². The quantitative estimate of drug-likeness (QED) is 0.401. The van der Waals surface area contributed by atoms with Crippen molar-refractivity contribution in [2.45, 2.75) is 65.5 Å². The predicted molar refractivity (Wildman–Crippen MR) is 106 cm³/mol. The molecule has 23 heavy (non-hydrogen) atoms. The van der Waals surface area contributed by atoms with Gasteiger partial charge in [0.2, 0.25) is 0 Å². The molecule has 0 bridgehead atoms. The zero-order valence-corrected chi connectivity index (χ0v) is 17.5. The van der Waals surface area contributed by atoms with E-state index in [2.05, 4.69) is 15.6 Å². The fourth-order valence-electron chi connectivity index (χ4n) is 2.46. The summed E-state index contributed by atoms with van der Waals surface area (Å²) in [6.45, 7) is 12.8. The van der Waals surface area contributed by atoms with E-state index >= 15 is 0 Å². The average molecular weight is 440 g/mol. The van der Waals surface area contributed by atoms with E-state index in [4.69, 9.17) is 4.74 Å². The van der Waals surface area contributed by atoms with Crippen LogP contribution in [-0.4, -0.2) is 54.8 Å². The zero-order chi connectivity index (χ0) is 16.6. The first-order valence-corrected chi connectivity index (χ1v) is 8.39. The Morgan fingerprint density at radius 2 is 1.83 bits per heavy atom. The van der Waals surface area contributed by atoms with Crippen LogP contribution in [-0.2, 0) is 4.74 Å². The summed E-state index contributed by atoms with van der Waals surface area (Å²) in [7, 11) is 0. The number of halogens is 1. The van der Waals surface area contributed by atoms with E-state index in [0.717, 1.165) is 44.9 Å². The Morgan fingerprint density at radius 3 is 2.35 bits per heavy atom. The molecule has 1 aliphatic rings. The van der Waals surface area contributed by atoms with Crippen LogP contribution >= 0.6 is 24.0 Å². The van der Waals surface area contributed by atoms with E-state index in [-0.39, 0.29) is 36.1 Å². The molecular weight excluding hydrogens is 407 g/mol. The van der Waals surface area contributed by atoms with E-state index in [9.17, 15) is 4.79 Å². The Bertz CT molecular complexity index is 375. The third-order valence-electron chi connectivity index (χ3n) is 3.40. The molecule has 1 aliphatic heterocycles. The molecule has 1 atom stereocenters. The van der Waals surface area contributed by atoms with Gasteiger partial charge in [-0.1, -0.05) is 0 Å². The molecule has 1 saturated heterocycles. The van der Waals surface area contributed by atoms with Crippen LogP contribution in [0.15, 0.2) is 4.99 Å². The highest BCUT2D eigenvalue weighted by Crippen LogP contribution is 2.20. The lowest BCUT2D eigenvalue weighted by Crippen LogP contribution is -2.48. The van der Waals surface area contributed by atoms with Crippen molar-refractivity contribution >= 4 is 36.0 Å². The Kier molecular flexibility index (Phi) is 10.6. The maximum absolute atomic E-state index is 12.3. The number of guanidine groups is 1. The highest BCUT2D eigenvalue weighted by atomic mass is 127. The number of nitrogens with zero attached hydrogens (tertiary/aromatic N) is 2. The number of hydrogen-bond donors (Lipinski definition) is 2. The minimum absolute atomic E-state index is 0. The maximum Gasteiger partial charge on any atom is 0.410 e. The Hall–Kier alpha value is -0.730. The summed E-state index contributed by atoms with van der Waals surface area (Å²) < 4.78 is 5.52. The molecule has 0 aliphatic carbocycles. The predicted octanol–water partition coefficient (Wildman–Crippen LogP) is 2.97. The molecule has 1 heterocycles. The van der Waals surface area contributed by atoms with Crippen molar-refractivity contribution in [2.75, 3.05) is 26.2 Å². The summed E-state index contributed by atoms with van der Waals surface area (Å²) >= 11 is 0. The number of carbonyl (C=O) groups excluding carboxylic acids is 1. The van der Waals surface area contributed by atoms with Crippen molar-refractivity contribution < 1.29 is 9.53 Å². The molecule has 0 spiro atoms. The number of rotatable bonds is 4. The van der Waals surface area contributed by atoms with Gasteiger partial charge in [0.25, 0.3) is 0 Å². The normalized spacial score (nSPS) is 17.8. The Labute approximate surface area is 157 Å². The van der Waals surface area contributed by atoms with Crippen molar-refractivity contribution in [3.05, 3.63) is 0 Å². The topological polar surface area (TPSA) is 66.0 Å². The van der Waals surface area contributed by atoms with E-state index < -0.39 is 5.60 Å². The van der Waals surface area contributed by atoms with Crippen molar-refractivity contribution in [3.63, 3.8) is 0 Å². The second-order valence-electron chi connectivity index (χ2n) is 6.57. The molecule has 1 rings (SSSR count). The van der Waals surface area contributed by atoms with Crippen molar-refractivity contribution in [3.8, 4) is 0 Å². The van der Waals surface area contributed by atoms with Gasteiger partial charge >= 0.3 is 6.09 Å². The fraction of sp³-hybridized carbons (Fsp3) is 0.875. The third kappa shape index (κ3) is 8.62. The molecule has 2 N–H and O–H groups in total. The van der Waals surface area contributed by atoms with E-state index in [1.165, 1.54) is 0 Å². The second-order valence-corrected chi connectivity index (χ2v) is 6.57. The molecule has 0 aromatic rings. The SMILES string of the molecule is CCNC(=NCC1CCCCN1C(=O)OC(C)(C)C)NCC.I. The van der Waals surface area contributed by atoms with Gasteiger partial charge in [-0.3, -0.25) is 4.99 Å². The first-order chi connectivity index (χ1) is 10.4. The van der Waals surface area contributed by atoms with Crippen LogP contribution in [0.2, 0.25) is 0 Å². The summed E-state index contributed by atoms with van der Waals surface area (Å²) in [6, 6.07) is 0.121. The van der Waals surface area contributed by atoms with Crippen LogP contribution in [0.1, 0.15) is 53.9 Å². The van der Waals surface area contributed by atoms with Crippen LogP contribution in [0.5, 0.6) is 0 Å².